The number of hydrogen-bond donors (Lipinski definition) is 0. The van der Waals surface area contributed by atoms with E-state index in [-0.39, 0.29) is 16.1 Å². The Hall–Kier alpha value is -0.190. The molecular weight excluding hydrogens is 391 g/mol. The molecule has 0 saturated carbocycles. The molecule has 0 amide bonds. The molecule has 0 bridgehead atoms. The molecule has 102 valence electrons. The van der Waals surface area contributed by atoms with E-state index in [1.54, 1.807) is 17.4 Å². The third kappa shape index (κ3) is 3.29. The van der Waals surface area contributed by atoms with Crippen LogP contribution < -0.4 is 0 Å². The van der Waals surface area contributed by atoms with Crippen LogP contribution in [-0.2, 0) is 5.41 Å². The van der Waals surface area contributed by atoms with E-state index in [2.05, 4.69) is 64.8 Å². The van der Waals surface area contributed by atoms with Crippen LogP contribution in [0.1, 0.15) is 40.9 Å². The second-order valence-corrected chi connectivity index (χ2v) is 8.28. The van der Waals surface area contributed by atoms with Crippen LogP contribution in [0.25, 0.3) is 0 Å². The van der Waals surface area contributed by atoms with Crippen LogP contribution in [0.15, 0.2) is 34.8 Å². The summed E-state index contributed by atoms with van der Waals surface area (Å²) in [5.41, 5.74) is 1.07. The summed E-state index contributed by atoms with van der Waals surface area (Å²) in [5, 5.41) is 0. The Kier molecular flexibility index (Phi) is 4.53. The Morgan fingerprint density at radius 3 is 2.42 bits per heavy atom. The second kappa shape index (κ2) is 5.66. The van der Waals surface area contributed by atoms with E-state index in [1.165, 1.54) is 15.8 Å². The lowest BCUT2D eigenvalue weighted by atomic mass is 9.95. The highest BCUT2D eigenvalue weighted by molar-refractivity contribution is 9.11. The van der Waals surface area contributed by atoms with Gasteiger partial charge in [-0.05, 0) is 45.1 Å². The first-order valence-electron chi connectivity index (χ1n) is 5.99. The molecule has 1 aromatic carbocycles. The van der Waals surface area contributed by atoms with Gasteiger partial charge in [0.2, 0.25) is 0 Å². The molecule has 0 fully saturated rings. The van der Waals surface area contributed by atoms with Crippen molar-refractivity contribution in [1.82, 2.24) is 0 Å². The Balaban J connectivity index is 2.37. The summed E-state index contributed by atoms with van der Waals surface area (Å²) in [6.07, 6.45) is 0. The molecule has 0 nitrogen and oxygen atoms in total. The fourth-order valence-corrected chi connectivity index (χ4v) is 4.44. The molecule has 19 heavy (non-hydrogen) atoms. The highest BCUT2D eigenvalue weighted by atomic mass is 79.9. The highest BCUT2D eigenvalue weighted by Gasteiger charge is 2.21. The lowest BCUT2D eigenvalue weighted by Gasteiger charge is -2.16. The van der Waals surface area contributed by atoms with Gasteiger partial charge in [0.25, 0.3) is 0 Å². The quantitative estimate of drug-likeness (QED) is 0.504. The van der Waals surface area contributed by atoms with Crippen LogP contribution in [0.5, 0.6) is 0 Å². The van der Waals surface area contributed by atoms with Crippen molar-refractivity contribution in [2.45, 2.75) is 31.0 Å². The van der Waals surface area contributed by atoms with Gasteiger partial charge < -0.3 is 0 Å². The molecule has 1 heterocycles. The minimum absolute atomic E-state index is 0.0127. The molecule has 1 atom stereocenters. The van der Waals surface area contributed by atoms with E-state index in [0.29, 0.717) is 4.47 Å². The summed E-state index contributed by atoms with van der Waals surface area (Å²) < 4.78 is 14.1. The number of benzene rings is 1. The first-order chi connectivity index (χ1) is 8.80. The largest absolute Gasteiger partial charge is 0.206 e. The summed E-state index contributed by atoms with van der Waals surface area (Å²) in [5.74, 6) is -0.227. The number of rotatable bonds is 2. The predicted molar refractivity (Wildman–Crippen MR) is 87.9 cm³/mol. The van der Waals surface area contributed by atoms with Crippen molar-refractivity contribution in [3.8, 4) is 0 Å². The van der Waals surface area contributed by atoms with Gasteiger partial charge in [-0.2, -0.15) is 0 Å². The average Bonchev–Trinajstić information content (AvgIpc) is 2.81. The molecule has 0 aliphatic heterocycles. The zero-order valence-corrected chi connectivity index (χ0v) is 15.0. The van der Waals surface area contributed by atoms with Gasteiger partial charge in [-0.1, -0.05) is 48.8 Å². The van der Waals surface area contributed by atoms with Crippen LogP contribution in [0.4, 0.5) is 4.39 Å². The van der Waals surface area contributed by atoms with Crippen LogP contribution in [0, 0.1) is 5.82 Å². The predicted octanol–water partition coefficient (Wildman–Crippen LogP) is 6.43. The number of alkyl halides is 1. The van der Waals surface area contributed by atoms with Crippen molar-refractivity contribution < 1.29 is 4.39 Å². The van der Waals surface area contributed by atoms with E-state index in [1.807, 2.05) is 6.07 Å². The fourth-order valence-electron chi connectivity index (χ4n) is 1.76. The normalized spacial score (nSPS) is 13.6. The summed E-state index contributed by atoms with van der Waals surface area (Å²) >= 11 is 8.76. The van der Waals surface area contributed by atoms with Gasteiger partial charge in [0, 0.05) is 9.75 Å². The Morgan fingerprint density at radius 2 is 1.84 bits per heavy atom. The molecule has 0 spiro atoms. The third-order valence-electron chi connectivity index (χ3n) is 2.87. The van der Waals surface area contributed by atoms with Crippen LogP contribution in [-0.4, -0.2) is 0 Å². The maximum atomic E-state index is 13.6. The van der Waals surface area contributed by atoms with E-state index < -0.39 is 0 Å². The summed E-state index contributed by atoms with van der Waals surface area (Å²) in [4.78, 5) is 2.54. The summed E-state index contributed by atoms with van der Waals surface area (Å²) in [6.45, 7) is 6.60. The van der Waals surface area contributed by atoms with Crippen LogP contribution in [0.2, 0.25) is 0 Å². The molecular formula is C15H15Br2FS. The molecule has 0 aliphatic carbocycles. The molecule has 2 rings (SSSR count). The highest BCUT2D eigenvalue weighted by Crippen LogP contribution is 2.41. The van der Waals surface area contributed by atoms with Gasteiger partial charge in [0.15, 0.2) is 0 Å². The molecule has 0 saturated heterocycles. The van der Waals surface area contributed by atoms with Crippen molar-refractivity contribution in [1.29, 1.82) is 0 Å². The lowest BCUT2D eigenvalue weighted by molar-refractivity contribution is 0.604. The van der Waals surface area contributed by atoms with E-state index in [4.69, 9.17) is 0 Å². The maximum absolute atomic E-state index is 13.6. The summed E-state index contributed by atoms with van der Waals surface area (Å²) in [6, 6.07) is 9.40. The van der Waals surface area contributed by atoms with E-state index in [9.17, 15) is 4.39 Å². The van der Waals surface area contributed by atoms with E-state index in [0.717, 1.165) is 5.56 Å². The van der Waals surface area contributed by atoms with Gasteiger partial charge in [-0.15, -0.1) is 11.3 Å². The zero-order valence-electron chi connectivity index (χ0n) is 11.0. The van der Waals surface area contributed by atoms with E-state index >= 15 is 0 Å². The van der Waals surface area contributed by atoms with Gasteiger partial charge >= 0.3 is 0 Å². The minimum atomic E-state index is -0.227. The van der Waals surface area contributed by atoms with Crippen LogP contribution >= 0.6 is 43.2 Å². The van der Waals surface area contributed by atoms with Gasteiger partial charge in [0.05, 0.1) is 9.30 Å². The van der Waals surface area contributed by atoms with Crippen molar-refractivity contribution in [2.75, 3.05) is 0 Å². The Labute approximate surface area is 134 Å². The molecule has 0 aliphatic rings. The number of thiophene rings is 1. The first-order valence-corrected chi connectivity index (χ1v) is 8.51. The molecule has 1 aromatic heterocycles. The third-order valence-corrected chi connectivity index (χ3v) is 6.57. The smallest absolute Gasteiger partial charge is 0.137 e. The molecule has 1 unspecified atom stereocenters. The van der Waals surface area contributed by atoms with Gasteiger partial charge in [-0.3, -0.25) is 0 Å². The maximum Gasteiger partial charge on any atom is 0.137 e. The summed E-state index contributed by atoms with van der Waals surface area (Å²) in [7, 11) is 0. The van der Waals surface area contributed by atoms with Crippen LogP contribution in [0.3, 0.4) is 0 Å². The first kappa shape index (κ1) is 15.2. The van der Waals surface area contributed by atoms with Crippen molar-refractivity contribution in [2.24, 2.45) is 0 Å². The lowest BCUT2D eigenvalue weighted by Crippen LogP contribution is -2.07. The molecule has 2 aromatic rings. The monoisotopic (exact) mass is 404 g/mol. The van der Waals surface area contributed by atoms with Crippen molar-refractivity contribution in [3.05, 3.63) is 55.9 Å². The topological polar surface area (TPSA) is 0 Å². The Bertz CT molecular complexity index is 584. The van der Waals surface area contributed by atoms with Gasteiger partial charge in [-0.25, -0.2) is 4.39 Å². The fraction of sp³-hybridized carbons (Fsp3) is 0.333. The second-order valence-electron chi connectivity index (χ2n) is 5.46. The molecule has 0 radical (unpaired) electrons. The minimum Gasteiger partial charge on any atom is -0.206 e. The average molecular weight is 406 g/mol. The molecule has 4 heteroatoms. The standard InChI is InChI=1S/C15H15Br2FS/c1-15(2,3)12-8-7-11(19-12)14(17)9-5-4-6-10(18)13(9)16/h4-8,14H,1-3H3. The molecule has 0 N–H and O–H groups in total. The Morgan fingerprint density at radius 1 is 1.16 bits per heavy atom. The number of hydrogen-bond acceptors (Lipinski definition) is 1. The van der Waals surface area contributed by atoms with Gasteiger partial charge in [0.1, 0.15) is 5.82 Å². The van der Waals surface area contributed by atoms with Crippen molar-refractivity contribution in [3.63, 3.8) is 0 Å². The zero-order chi connectivity index (χ0) is 14.2. The number of halogens is 3. The van der Waals surface area contributed by atoms with Crippen molar-refractivity contribution >= 4 is 43.2 Å². The SMILES string of the molecule is CC(C)(C)c1ccc(C(Br)c2cccc(F)c2Br)s1.